The number of hydrogen-bond acceptors (Lipinski definition) is 4. The Kier molecular flexibility index (Phi) is 6.18. The van der Waals surface area contributed by atoms with Crippen molar-refractivity contribution in [3.05, 3.63) is 52.3 Å². The number of imidazole rings is 1. The molecule has 0 aliphatic carbocycles. The highest BCUT2D eigenvalue weighted by Gasteiger charge is 2.00. The number of aromatic amines is 1. The number of carbonyl (C=O) groups is 2. The van der Waals surface area contributed by atoms with Crippen LogP contribution in [0, 0.1) is 6.92 Å². The molecule has 2 heterocycles. The zero-order chi connectivity index (χ0) is 15.0. The van der Waals surface area contributed by atoms with Crippen LogP contribution in [0.25, 0.3) is 0 Å². The third-order valence-corrected chi connectivity index (χ3v) is 3.18. The first-order valence-electron chi connectivity index (χ1n) is 5.62. The molecule has 106 valence electrons. The number of H-pyrrole nitrogens is 1. The Morgan fingerprint density at radius 1 is 1.30 bits per heavy atom. The standard InChI is InChI=1S/C9H10N2S.C4H4O4/c1-7-4-12-5-8(7)2-9-3-10-6-11-9;5-3(6)1-2-4(7)8/h3-6H,2H2,1H3,(H,10,11);1-2H,(H,5,6)(H,7,8)/b;2-1+. The molecule has 0 bridgehead atoms. The zero-order valence-corrected chi connectivity index (χ0v) is 11.6. The van der Waals surface area contributed by atoms with Gasteiger partial charge in [0.25, 0.3) is 0 Å². The Labute approximate surface area is 119 Å². The van der Waals surface area contributed by atoms with Crippen molar-refractivity contribution in [2.75, 3.05) is 0 Å². The summed E-state index contributed by atoms with van der Waals surface area (Å²) in [6, 6.07) is 0. The number of aryl methyl sites for hydroxylation is 1. The van der Waals surface area contributed by atoms with E-state index in [1.165, 1.54) is 16.8 Å². The average Bonchev–Trinajstić information content (AvgIpc) is 3.01. The fourth-order valence-corrected chi connectivity index (χ4v) is 2.15. The third-order valence-electron chi connectivity index (χ3n) is 2.27. The van der Waals surface area contributed by atoms with Crippen LogP contribution >= 0.6 is 11.3 Å². The van der Waals surface area contributed by atoms with Crippen LogP contribution in [0.15, 0.2) is 35.4 Å². The van der Waals surface area contributed by atoms with E-state index >= 15 is 0 Å². The molecule has 0 aromatic carbocycles. The number of thiophene rings is 1. The van der Waals surface area contributed by atoms with E-state index in [2.05, 4.69) is 27.7 Å². The molecular weight excluding hydrogens is 280 g/mol. The van der Waals surface area contributed by atoms with Gasteiger partial charge in [-0.15, -0.1) is 0 Å². The minimum atomic E-state index is -1.26. The summed E-state index contributed by atoms with van der Waals surface area (Å²) < 4.78 is 0. The fraction of sp³-hybridized carbons (Fsp3) is 0.154. The van der Waals surface area contributed by atoms with Gasteiger partial charge in [0.2, 0.25) is 0 Å². The molecular formula is C13H14N2O4S. The lowest BCUT2D eigenvalue weighted by Crippen LogP contribution is -1.91. The molecule has 3 N–H and O–H groups in total. The summed E-state index contributed by atoms with van der Waals surface area (Å²) >= 11 is 1.75. The van der Waals surface area contributed by atoms with E-state index in [0.717, 1.165) is 6.42 Å². The first kappa shape index (κ1) is 15.6. The monoisotopic (exact) mass is 294 g/mol. The van der Waals surface area contributed by atoms with Gasteiger partial charge in [0.15, 0.2) is 0 Å². The Bertz CT molecular complexity index is 571. The van der Waals surface area contributed by atoms with Gasteiger partial charge in [-0.1, -0.05) is 0 Å². The fourth-order valence-electron chi connectivity index (χ4n) is 1.30. The minimum absolute atomic E-state index is 0.558. The van der Waals surface area contributed by atoms with Crippen molar-refractivity contribution in [1.82, 2.24) is 9.97 Å². The van der Waals surface area contributed by atoms with E-state index in [9.17, 15) is 9.59 Å². The second-order valence-electron chi connectivity index (χ2n) is 3.84. The van der Waals surface area contributed by atoms with Crippen molar-refractivity contribution in [3.63, 3.8) is 0 Å². The van der Waals surface area contributed by atoms with E-state index in [4.69, 9.17) is 10.2 Å². The van der Waals surface area contributed by atoms with E-state index in [-0.39, 0.29) is 0 Å². The summed E-state index contributed by atoms with van der Waals surface area (Å²) in [6.07, 6.45) is 5.67. The van der Waals surface area contributed by atoms with Gasteiger partial charge in [-0.05, 0) is 28.8 Å². The molecule has 20 heavy (non-hydrogen) atoms. The Morgan fingerprint density at radius 2 is 1.95 bits per heavy atom. The maximum atomic E-state index is 9.55. The highest BCUT2D eigenvalue weighted by Crippen LogP contribution is 2.16. The predicted molar refractivity (Wildman–Crippen MR) is 74.9 cm³/mol. The van der Waals surface area contributed by atoms with Crippen molar-refractivity contribution in [2.24, 2.45) is 0 Å². The summed E-state index contributed by atoms with van der Waals surface area (Å²) in [5.41, 5.74) is 3.94. The lowest BCUT2D eigenvalue weighted by Gasteiger charge is -1.95. The average molecular weight is 294 g/mol. The zero-order valence-electron chi connectivity index (χ0n) is 10.7. The summed E-state index contributed by atoms with van der Waals surface area (Å²) in [6.45, 7) is 2.14. The van der Waals surface area contributed by atoms with Gasteiger partial charge in [-0.25, -0.2) is 14.6 Å². The lowest BCUT2D eigenvalue weighted by molar-refractivity contribution is -0.134. The van der Waals surface area contributed by atoms with Crippen molar-refractivity contribution in [2.45, 2.75) is 13.3 Å². The van der Waals surface area contributed by atoms with Crippen molar-refractivity contribution in [1.29, 1.82) is 0 Å². The van der Waals surface area contributed by atoms with Gasteiger partial charge in [0.05, 0.1) is 6.33 Å². The van der Waals surface area contributed by atoms with Gasteiger partial charge in [0, 0.05) is 30.5 Å². The van der Waals surface area contributed by atoms with Crippen molar-refractivity contribution >= 4 is 23.3 Å². The molecule has 0 saturated heterocycles. The summed E-state index contributed by atoms with van der Waals surface area (Å²) in [5, 5.41) is 20.0. The molecule has 0 spiro atoms. The van der Waals surface area contributed by atoms with Crippen molar-refractivity contribution in [3.8, 4) is 0 Å². The third kappa shape index (κ3) is 5.96. The molecule has 0 amide bonds. The molecule has 6 nitrogen and oxygen atoms in total. The Hall–Kier alpha value is -2.41. The second kappa shape index (κ2) is 7.90. The van der Waals surface area contributed by atoms with E-state index in [1.807, 2.05) is 6.20 Å². The van der Waals surface area contributed by atoms with Crippen LogP contribution in [0.3, 0.4) is 0 Å². The van der Waals surface area contributed by atoms with Gasteiger partial charge in [0.1, 0.15) is 0 Å². The summed E-state index contributed by atoms with van der Waals surface area (Å²) in [5.74, 6) is -2.51. The maximum absolute atomic E-state index is 9.55. The second-order valence-corrected chi connectivity index (χ2v) is 4.59. The molecule has 2 aromatic heterocycles. The highest BCUT2D eigenvalue weighted by atomic mass is 32.1. The maximum Gasteiger partial charge on any atom is 0.328 e. The number of rotatable bonds is 4. The van der Waals surface area contributed by atoms with Gasteiger partial charge in [-0.2, -0.15) is 11.3 Å². The van der Waals surface area contributed by atoms with Crippen LogP contribution in [0.4, 0.5) is 0 Å². The predicted octanol–water partition coefficient (Wildman–Crippen LogP) is 2.08. The number of aromatic nitrogens is 2. The van der Waals surface area contributed by atoms with Gasteiger partial charge in [-0.3, -0.25) is 0 Å². The molecule has 0 saturated carbocycles. The van der Waals surface area contributed by atoms with E-state index in [1.54, 1.807) is 17.7 Å². The number of carboxylic acids is 2. The van der Waals surface area contributed by atoms with Gasteiger partial charge < -0.3 is 15.2 Å². The van der Waals surface area contributed by atoms with E-state index in [0.29, 0.717) is 12.2 Å². The SMILES string of the molecule is Cc1cscc1Cc1cnc[nH]1.O=C(O)/C=C/C(=O)O. The van der Waals surface area contributed by atoms with Crippen LogP contribution in [0.5, 0.6) is 0 Å². The first-order chi connectivity index (χ1) is 9.49. The minimum Gasteiger partial charge on any atom is -0.478 e. The molecule has 0 aliphatic rings. The van der Waals surface area contributed by atoms with Crippen LogP contribution in [-0.4, -0.2) is 32.1 Å². The number of nitrogens with zero attached hydrogens (tertiary/aromatic N) is 1. The molecule has 0 radical (unpaired) electrons. The highest BCUT2D eigenvalue weighted by molar-refractivity contribution is 7.08. The first-order valence-corrected chi connectivity index (χ1v) is 6.56. The molecule has 7 heteroatoms. The largest absolute Gasteiger partial charge is 0.478 e. The Balaban J connectivity index is 0.000000221. The van der Waals surface area contributed by atoms with Crippen LogP contribution in [-0.2, 0) is 16.0 Å². The smallest absolute Gasteiger partial charge is 0.328 e. The molecule has 2 aromatic rings. The quantitative estimate of drug-likeness (QED) is 0.749. The van der Waals surface area contributed by atoms with Crippen LogP contribution in [0.2, 0.25) is 0 Å². The summed E-state index contributed by atoms with van der Waals surface area (Å²) in [7, 11) is 0. The normalized spacial score (nSPS) is 10.1. The van der Waals surface area contributed by atoms with Crippen LogP contribution in [0.1, 0.15) is 16.8 Å². The molecule has 0 unspecified atom stereocenters. The van der Waals surface area contributed by atoms with Crippen LogP contribution < -0.4 is 0 Å². The number of carboxylic acid groups (broad SMARTS) is 2. The summed E-state index contributed by atoms with van der Waals surface area (Å²) in [4.78, 5) is 26.2. The number of aliphatic carboxylic acids is 2. The van der Waals surface area contributed by atoms with Gasteiger partial charge >= 0.3 is 11.9 Å². The molecule has 2 rings (SSSR count). The number of hydrogen-bond donors (Lipinski definition) is 3. The number of nitrogens with one attached hydrogen (secondary N) is 1. The topological polar surface area (TPSA) is 103 Å². The molecule has 0 aliphatic heterocycles. The van der Waals surface area contributed by atoms with Crippen molar-refractivity contribution < 1.29 is 19.8 Å². The molecule has 0 fully saturated rings. The van der Waals surface area contributed by atoms with E-state index < -0.39 is 11.9 Å². The lowest BCUT2D eigenvalue weighted by atomic mass is 10.1. The Morgan fingerprint density at radius 3 is 2.35 bits per heavy atom. The molecule has 0 atom stereocenters.